The largest absolute Gasteiger partial charge is 0.307 e. The van der Waals surface area contributed by atoms with E-state index in [4.69, 9.17) is 11.6 Å². The number of nitrogens with one attached hydrogen (secondary N) is 1. The maximum atomic E-state index is 6.24. The van der Waals surface area contributed by atoms with E-state index in [1.54, 1.807) is 0 Å². The van der Waals surface area contributed by atoms with Gasteiger partial charge in [-0.3, -0.25) is 0 Å². The predicted octanol–water partition coefficient (Wildman–Crippen LogP) is 5.23. The molecule has 3 unspecified atom stereocenters. The maximum Gasteiger partial charge on any atom is 0.0409 e. The van der Waals surface area contributed by atoms with E-state index in [1.807, 2.05) is 17.8 Å². The Balaban J connectivity index is 1.79. The first kappa shape index (κ1) is 15.7. The van der Waals surface area contributed by atoms with Gasteiger partial charge in [0.1, 0.15) is 0 Å². The molecule has 3 atom stereocenters. The highest BCUT2D eigenvalue weighted by molar-refractivity contribution is 7.99. The Kier molecular flexibility index (Phi) is 4.59. The second-order valence-corrected chi connectivity index (χ2v) is 8.90. The molecule has 0 aliphatic heterocycles. The lowest BCUT2D eigenvalue weighted by atomic mass is 9.83. The van der Waals surface area contributed by atoms with Gasteiger partial charge in [-0.05, 0) is 60.6 Å². The van der Waals surface area contributed by atoms with Crippen LogP contribution in [0.2, 0.25) is 5.02 Å². The zero-order valence-electron chi connectivity index (χ0n) is 13.3. The molecule has 21 heavy (non-hydrogen) atoms. The zero-order valence-corrected chi connectivity index (χ0v) is 14.9. The molecule has 1 fully saturated rings. The molecule has 2 aliphatic carbocycles. The Bertz CT molecular complexity index is 514. The van der Waals surface area contributed by atoms with Crippen molar-refractivity contribution in [3.8, 4) is 0 Å². The molecule has 0 bridgehead atoms. The van der Waals surface area contributed by atoms with Crippen molar-refractivity contribution in [3.05, 3.63) is 34.3 Å². The van der Waals surface area contributed by atoms with Gasteiger partial charge in [0.15, 0.2) is 0 Å². The Labute approximate surface area is 138 Å². The summed E-state index contributed by atoms with van der Waals surface area (Å²) in [6, 6.07) is 7.52. The molecule has 1 saturated carbocycles. The van der Waals surface area contributed by atoms with E-state index in [0.29, 0.717) is 12.1 Å². The molecule has 0 amide bonds. The van der Waals surface area contributed by atoms with Gasteiger partial charge in [-0.2, -0.15) is 11.8 Å². The topological polar surface area (TPSA) is 12.0 Å². The van der Waals surface area contributed by atoms with E-state index in [0.717, 1.165) is 16.7 Å². The van der Waals surface area contributed by atoms with Crippen molar-refractivity contribution >= 4 is 23.4 Å². The van der Waals surface area contributed by atoms with Crippen LogP contribution in [0.3, 0.4) is 0 Å². The molecule has 116 valence electrons. The highest BCUT2D eigenvalue weighted by Crippen LogP contribution is 2.46. The van der Waals surface area contributed by atoms with Gasteiger partial charge in [0.2, 0.25) is 0 Å². The summed E-state index contributed by atoms with van der Waals surface area (Å²) in [5, 5.41) is 5.68. The number of rotatable bonds is 3. The maximum absolute atomic E-state index is 6.24. The third kappa shape index (κ3) is 3.28. The lowest BCUT2D eigenvalue weighted by Crippen LogP contribution is -2.41. The van der Waals surface area contributed by atoms with Crippen molar-refractivity contribution in [2.45, 2.75) is 63.3 Å². The zero-order chi connectivity index (χ0) is 15.0. The van der Waals surface area contributed by atoms with Gasteiger partial charge in [0.25, 0.3) is 0 Å². The van der Waals surface area contributed by atoms with Crippen LogP contribution >= 0.6 is 23.4 Å². The fourth-order valence-electron chi connectivity index (χ4n) is 4.07. The first-order chi connectivity index (χ1) is 9.99. The van der Waals surface area contributed by atoms with Gasteiger partial charge in [0, 0.05) is 22.4 Å². The van der Waals surface area contributed by atoms with Gasteiger partial charge in [-0.25, -0.2) is 0 Å². The molecular weight excluding hydrogens is 298 g/mol. The van der Waals surface area contributed by atoms with Crippen molar-refractivity contribution in [1.82, 2.24) is 5.32 Å². The summed E-state index contributed by atoms with van der Waals surface area (Å²) in [7, 11) is 0. The van der Waals surface area contributed by atoms with Crippen molar-refractivity contribution in [1.29, 1.82) is 0 Å². The van der Waals surface area contributed by atoms with Gasteiger partial charge < -0.3 is 5.32 Å². The Morgan fingerprint density at radius 2 is 2.10 bits per heavy atom. The number of benzene rings is 1. The second-order valence-electron chi connectivity index (χ2n) is 7.33. The fraction of sp³-hybridized carbons (Fsp3) is 0.667. The molecule has 0 radical (unpaired) electrons. The second kappa shape index (κ2) is 6.14. The third-order valence-electron chi connectivity index (χ3n) is 5.21. The first-order valence-electron chi connectivity index (χ1n) is 8.07. The van der Waals surface area contributed by atoms with Crippen molar-refractivity contribution in [2.24, 2.45) is 5.41 Å². The lowest BCUT2D eigenvalue weighted by Gasteiger charge is -2.36. The number of thioether (sulfide) groups is 1. The van der Waals surface area contributed by atoms with E-state index in [1.165, 1.54) is 36.8 Å². The van der Waals surface area contributed by atoms with Crippen molar-refractivity contribution in [2.75, 3.05) is 6.26 Å². The highest BCUT2D eigenvalue weighted by Gasteiger charge is 2.40. The average Bonchev–Trinajstić information content (AvgIpc) is 2.70. The third-order valence-corrected chi connectivity index (χ3v) is 6.54. The van der Waals surface area contributed by atoms with E-state index in [2.05, 4.69) is 37.6 Å². The summed E-state index contributed by atoms with van der Waals surface area (Å²) < 4.78 is 0. The molecule has 0 aromatic heterocycles. The average molecular weight is 324 g/mol. The molecule has 0 saturated heterocycles. The molecule has 0 spiro atoms. The summed E-state index contributed by atoms with van der Waals surface area (Å²) >= 11 is 8.27. The van der Waals surface area contributed by atoms with Crippen LogP contribution in [0, 0.1) is 5.41 Å². The standard InChI is InChI=1S/C18H26ClNS/c1-18(2)11-12-7-8-13(19)9-16(12)17(18)20-14-5-4-6-15(10-14)21-3/h7-9,14-15,17,20H,4-6,10-11H2,1-3H3. The summed E-state index contributed by atoms with van der Waals surface area (Å²) in [6.07, 6.45) is 8.77. The SMILES string of the molecule is CSC1CCCC(NC2c3cc(Cl)ccc3CC2(C)C)C1. The van der Waals surface area contributed by atoms with Crippen molar-refractivity contribution < 1.29 is 0 Å². The van der Waals surface area contributed by atoms with Crippen LogP contribution < -0.4 is 5.32 Å². The van der Waals surface area contributed by atoms with Gasteiger partial charge in [-0.1, -0.05) is 37.9 Å². The van der Waals surface area contributed by atoms with Crippen LogP contribution in [0.5, 0.6) is 0 Å². The molecule has 1 nitrogen and oxygen atoms in total. The molecule has 0 heterocycles. The fourth-order valence-corrected chi connectivity index (χ4v) is 5.08. The van der Waals surface area contributed by atoms with Crippen LogP contribution in [-0.4, -0.2) is 17.5 Å². The number of hydrogen-bond donors (Lipinski definition) is 1. The minimum absolute atomic E-state index is 0.277. The van der Waals surface area contributed by atoms with Crippen LogP contribution in [-0.2, 0) is 6.42 Å². The van der Waals surface area contributed by atoms with E-state index in [-0.39, 0.29) is 5.41 Å². The van der Waals surface area contributed by atoms with Crippen LogP contribution in [0.15, 0.2) is 18.2 Å². The van der Waals surface area contributed by atoms with Crippen LogP contribution in [0.25, 0.3) is 0 Å². The number of fused-ring (bicyclic) bond motifs is 1. The monoisotopic (exact) mass is 323 g/mol. The van der Waals surface area contributed by atoms with Gasteiger partial charge in [0.05, 0.1) is 0 Å². The summed E-state index contributed by atoms with van der Waals surface area (Å²) in [6.45, 7) is 4.76. The Hall–Kier alpha value is -0.180. The first-order valence-corrected chi connectivity index (χ1v) is 9.73. The summed E-state index contributed by atoms with van der Waals surface area (Å²) in [5.41, 5.74) is 3.18. The summed E-state index contributed by atoms with van der Waals surface area (Å²) in [5.74, 6) is 0. The van der Waals surface area contributed by atoms with Gasteiger partial charge >= 0.3 is 0 Å². The van der Waals surface area contributed by atoms with E-state index in [9.17, 15) is 0 Å². The van der Waals surface area contributed by atoms with Crippen LogP contribution in [0.1, 0.15) is 56.7 Å². The minimum atomic E-state index is 0.277. The van der Waals surface area contributed by atoms with E-state index < -0.39 is 0 Å². The van der Waals surface area contributed by atoms with Crippen molar-refractivity contribution in [3.63, 3.8) is 0 Å². The minimum Gasteiger partial charge on any atom is -0.307 e. The molecule has 3 heteroatoms. The number of hydrogen-bond acceptors (Lipinski definition) is 2. The summed E-state index contributed by atoms with van der Waals surface area (Å²) in [4.78, 5) is 0. The quantitative estimate of drug-likeness (QED) is 0.817. The highest BCUT2D eigenvalue weighted by atomic mass is 35.5. The van der Waals surface area contributed by atoms with E-state index >= 15 is 0 Å². The molecule has 1 aromatic rings. The smallest absolute Gasteiger partial charge is 0.0409 e. The predicted molar refractivity (Wildman–Crippen MR) is 94.4 cm³/mol. The van der Waals surface area contributed by atoms with Crippen LogP contribution in [0.4, 0.5) is 0 Å². The normalized spacial score (nSPS) is 31.1. The molecular formula is C18H26ClNS. The molecule has 1 N–H and O–H groups in total. The number of halogens is 1. The Morgan fingerprint density at radius 1 is 1.29 bits per heavy atom. The molecule has 3 rings (SSSR count). The molecule has 1 aromatic carbocycles. The van der Waals surface area contributed by atoms with Gasteiger partial charge in [-0.15, -0.1) is 0 Å². The Morgan fingerprint density at radius 3 is 2.86 bits per heavy atom. The molecule has 2 aliphatic rings. The lowest BCUT2D eigenvalue weighted by molar-refractivity contribution is 0.227.